The average molecular weight is 127 g/mol. The van der Waals surface area contributed by atoms with Crippen LogP contribution in [0.2, 0.25) is 0 Å². The first-order valence-electron chi connectivity index (χ1n) is 3.57. The van der Waals surface area contributed by atoms with E-state index in [1.807, 2.05) is 0 Å². The van der Waals surface area contributed by atoms with Gasteiger partial charge < -0.3 is 4.90 Å². The highest BCUT2D eigenvalue weighted by atomic mass is 15.3. The summed E-state index contributed by atoms with van der Waals surface area (Å²) in [5, 5.41) is 0. The van der Waals surface area contributed by atoms with Gasteiger partial charge in [-0.2, -0.15) is 0 Å². The van der Waals surface area contributed by atoms with Crippen LogP contribution in [0.5, 0.6) is 0 Å². The van der Waals surface area contributed by atoms with Gasteiger partial charge >= 0.3 is 0 Å². The molecular weight excluding hydrogens is 112 g/mol. The molecule has 1 atom stereocenters. The van der Waals surface area contributed by atoms with Gasteiger partial charge in [0.2, 0.25) is 0 Å². The minimum absolute atomic E-state index is 1.15. The van der Waals surface area contributed by atoms with E-state index >= 15 is 0 Å². The van der Waals surface area contributed by atoms with Crippen molar-refractivity contribution < 1.29 is 4.90 Å². The summed E-state index contributed by atoms with van der Waals surface area (Å²) in [4.78, 5) is 3.82. The number of hydrogen-bond acceptors (Lipinski definition) is 1. The van der Waals surface area contributed by atoms with E-state index in [9.17, 15) is 0 Å². The zero-order valence-corrected chi connectivity index (χ0v) is 6.22. The molecule has 0 saturated heterocycles. The van der Waals surface area contributed by atoms with Gasteiger partial charge in [0.1, 0.15) is 6.20 Å². The zero-order valence-electron chi connectivity index (χ0n) is 6.22. The van der Waals surface area contributed by atoms with Crippen LogP contribution in [0.15, 0.2) is 12.4 Å². The van der Waals surface area contributed by atoms with Gasteiger partial charge in [0.15, 0.2) is 6.67 Å². The quantitative estimate of drug-likeness (QED) is 0.533. The molecule has 0 amide bonds. The Bertz CT molecular complexity index is 109. The second-order valence-electron chi connectivity index (χ2n) is 2.63. The maximum atomic E-state index is 2.34. The smallest absolute Gasteiger partial charge is 0.156 e. The molecule has 1 unspecified atom stereocenters. The molecule has 0 fully saturated rings. The fraction of sp³-hybridized carbons (Fsp3) is 0.714. The monoisotopic (exact) mass is 127 g/mol. The summed E-state index contributed by atoms with van der Waals surface area (Å²) in [5.41, 5.74) is 0. The molecule has 1 rings (SSSR count). The summed E-state index contributed by atoms with van der Waals surface area (Å²) in [5.74, 6) is 0. The number of rotatable bonds is 2. The van der Waals surface area contributed by atoms with Crippen LogP contribution in [-0.4, -0.2) is 25.2 Å². The van der Waals surface area contributed by atoms with E-state index in [0.717, 1.165) is 6.67 Å². The predicted octanol–water partition coefficient (Wildman–Crippen LogP) is -0.345. The van der Waals surface area contributed by atoms with Crippen molar-refractivity contribution in [1.29, 1.82) is 0 Å². The van der Waals surface area contributed by atoms with Gasteiger partial charge in [-0.25, -0.2) is 0 Å². The third kappa shape index (κ3) is 1.72. The van der Waals surface area contributed by atoms with Crippen molar-refractivity contribution >= 4 is 0 Å². The molecule has 0 radical (unpaired) electrons. The average Bonchev–Trinajstić information content (AvgIpc) is 2.17. The fourth-order valence-electron chi connectivity index (χ4n) is 1.10. The fourth-order valence-corrected chi connectivity index (χ4v) is 1.10. The first-order chi connectivity index (χ1) is 4.33. The lowest BCUT2D eigenvalue weighted by molar-refractivity contribution is -0.826. The van der Waals surface area contributed by atoms with Crippen molar-refractivity contribution in [2.45, 2.75) is 13.3 Å². The highest BCUT2D eigenvalue weighted by molar-refractivity contribution is 4.76. The van der Waals surface area contributed by atoms with Gasteiger partial charge in [-0.15, -0.1) is 0 Å². The van der Waals surface area contributed by atoms with Crippen molar-refractivity contribution in [3.63, 3.8) is 0 Å². The van der Waals surface area contributed by atoms with Crippen molar-refractivity contribution in [2.75, 3.05) is 20.3 Å². The Hall–Kier alpha value is -0.500. The third-order valence-electron chi connectivity index (χ3n) is 1.53. The Kier molecular flexibility index (Phi) is 2.11. The number of hydrogen-bond donors (Lipinski definition) is 1. The second kappa shape index (κ2) is 2.87. The van der Waals surface area contributed by atoms with E-state index in [2.05, 4.69) is 31.3 Å². The Balaban J connectivity index is 2.24. The van der Waals surface area contributed by atoms with Crippen LogP contribution < -0.4 is 4.90 Å². The standard InChI is InChI=1S/C7H14N2/c1-3-4-9-6-5-8(2)7-9/h5-6H,3-4,7H2,1-2H3/p+1. The van der Waals surface area contributed by atoms with E-state index in [0.29, 0.717) is 0 Å². The molecule has 0 spiro atoms. The topological polar surface area (TPSA) is 7.68 Å². The number of nitrogens with zero attached hydrogens (tertiary/aromatic N) is 1. The number of nitrogens with one attached hydrogen (secondary N) is 1. The van der Waals surface area contributed by atoms with Gasteiger partial charge in [-0.05, 0) is 6.42 Å². The normalized spacial score (nSPS) is 25.6. The summed E-state index contributed by atoms with van der Waals surface area (Å²) in [6, 6.07) is 0. The molecule has 1 N–H and O–H groups in total. The van der Waals surface area contributed by atoms with Crippen LogP contribution in [0.3, 0.4) is 0 Å². The van der Waals surface area contributed by atoms with Crippen molar-refractivity contribution in [3.05, 3.63) is 12.4 Å². The van der Waals surface area contributed by atoms with Crippen LogP contribution in [0.4, 0.5) is 0 Å². The first kappa shape index (κ1) is 6.62. The van der Waals surface area contributed by atoms with E-state index in [1.165, 1.54) is 17.9 Å². The largest absolute Gasteiger partial charge is 0.326 e. The first-order valence-corrected chi connectivity index (χ1v) is 3.57. The molecule has 1 heterocycles. The van der Waals surface area contributed by atoms with Gasteiger partial charge in [-0.1, -0.05) is 6.92 Å². The highest BCUT2D eigenvalue weighted by Gasteiger charge is 2.09. The van der Waals surface area contributed by atoms with Crippen molar-refractivity contribution in [2.24, 2.45) is 0 Å². The predicted molar refractivity (Wildman–Crippen MR) is 37.9 cm³/mol. The summed E-state index contributed by atoms with van der Waals surface area (Å²) in [6.07, 6.45) is 5.62. The van der Waals surface area contributed by atoms with Gasteiger partial charge in [-0.3, -0.25) is 4.90 Å². The van der Waals surface area contributed by atoms with Crippen molar-refractivity contribution in [1.82, 2.24) is 4.90 Å². The molecule has 1 aliphatic heterocycles. The van der Waals surface area contributed by atoms with E-state index in [1.54, 1.807) is 0 Å². The second-order valence-corrected chi connectivity index (χ2v) is 2.63. The SMILES string of the molecule is CCCN1C=C[NH+](C)C1. The minimum Gasteiger partial charge on any atom is -0.326 e. The molecule has 0 bridgehead atoms. The van der Waals surface area contributed by atoms with Crippen molar-refractivity contribution in [3.8, 4) is 0 Å². The third-order valence-corrected chi connectivity index (χ3v) is 1.53. The van der Waals surface area contributed by atoms with Crippen LogP contribution >= 0.6 is 0 Å². The Morgan fingerprint density at radius 1 is 1.67 bits per heavy atom. The summed E-state index contributed by atoms with van der Waals surface area (Å²) < 4.78 is 0. The summed E-state index contributed by atoms with van der Waals surface area (Å²) in [7, 11) is 2.17. The van der Waals surface area contributed by atoms with Gasteiger partial charge in [0.05, 0.1) is 13.2 Å². The molecule has 0 saturated carbocycles. The molecule has 9 heavy (non-hydrogen) atoms. The van der Waals surface area contributed by atoms with E-state index < -0.39 is 0 Å². The summed E-state index contributed by atoms with van der Waals surface area (Å²) in [6.45, 7) is 4.56. The van der Waals surface area contributed by atoms with Gasteiger partial charge in [0, 0.05) is 6.54 Å². The molecule has 0 aliphatic carbocycles. The number of quaternary nitrogens is 1. The molecule has 0 aromatic heterocycles. The molecule has 2 heteroatoms. The molecule has 2 nitrogen and oxygen atoms in total. The minimum atomic E-state index is 1.15. The Morgan fingerprint density at radius 2 is 2.44 bits per heavy atom. The Morgan fingerprint density at radius 3 is 2.89 bits per heavy atom. The maximum Gasteiger partial charge on any atom is 0.156 e. The lowest BCUT2D eigenvalue weighted by Gasteiger charge is -2.12. The highest BCUT2D eigenvalue weighted by Crippen LogP contribution is 1.90. The van der Waals surface area contributed by atoms with Crippen LogP contribution in [0.25, 0.3) is 0 Å². The van der Waals surface area contributed by atoms with Crippen LogP contribution in [0.1, 0.15) is 13.3 Å². The van der Waals surface area contributed by atoms with E-state index in [-0.39, 0.29) is 0 Å². The lowest BCUT2D eigenvalue weighted by Crippen LogP contribution is -3.03. The molecular formula is C7H15N2+. The lowest BCUT2D eigenvalue weighted by atomic mass is 10.4. The van der Waals surface area contributed by atoms with Crippen LogP contribution in [0, 0.1) is 0 Å². The summed E-state index contributed by atoms with van der Waals surface area (Å²) >= 11 is 0. The molecule has 0 aromatic rings. The molecule has 1 aliphatic rings. The maximum absolute atomic E-state index is 2.34. The molecule has 0 aromatic carbocycles. The van der Waals surface area contributed by atoms with E-state index in [4.69, 9.17) is 0 Å². The zero-order chi connectivity index (χ0) is 6.69. The Labute approximate surface area is 56.8 Å². The van der Waals surface area contributed by atoms with Gasteiger partial charge in [0.25, 0.3) is 0 Å². The van der Waals surface area contributed by atoms with Crippen LogP contribution in [-0.2, 0) is 0 Å². The molecule has 52 valence electrons.